The Bertz CT molecular complexity index is 6900. The van der Waals surface area contributed by atoms with Gasteiger partial charge in [-0.05, 0) is 226 Å². The molecule has 0 saturated carbocycles. The lowest BCUT2D eigenvalue weighted by molar-refractivity contribution is 0.493. The number of rotatable bonds is 12. The van der Waals surface area contributed by atoms with E-state index in [2.05, 4.69) is 440 Å². The highest BCUT2D eigenvalue weighted by Gasteiger charge is 2.46. The van der Waals surface area contributed by atoms with Gasteiger partial charge in [-0.25, -0.2) is 0 Å². The van der Waals surface area contributed by atoms with Gasteiger partial charge in [-0.15, -0.1) is 0 Å². The summed E-state index contributed by atoms with van der Waals surface area (Å²) in [7, 11) is 0. The van der Waals surface area contributed by atoms with Crippen LogP contribution in [0.4, 0.5) is 85.3 Å². The topological polar surface area (TPSA) is 35.3 Å². The summed E-state index contributed by atoms with van der Waals surface area (Å²) in [5.41, 5.74) is 32.7. The molecule has 2 aromatic heterocycles. The van der Waals surface area contributed by atoms with Crippen LogP contribution in [0.1, 0.15) is 0 Å². The van der Waals surface area contributed by atoms with Crippen molar-refractivity contribution < 1.29 is 4.74 Å². The Morgan fingerprint density at radius 1 is 0.232 bits per heavy atom. The number of hydrogen-bond donors (Lipinski definition) is 0. The molecule has 0 N–H and O–H groups in total. The fourth-order valence-electron chi connectivity index (χ4n) is 18.9. The number of para-hydroxylation sites is 9. The Kier molecular flexibility index (Phi) is 14.4. The molecule has 0 amide bonds. The largest absolute Gasteiger partial charge is 0.458 e. The zero-order valence-electron chi connectivity index (χ0n) is 60.9. The van der Waals surface area contributed by atoms with Crippen LogP contribution in [0.2, 0.25) is 0 Å². The van der Waals surface area contributed by atoms with Crippen LogP contribution in [0, 0.1) is 0 Å². The maximum absolute atomic E-state index is 7.45. The molecule has 0 atom stereocenters. The first-order valence-electron chi connectivity index (χ1n) is 38.5. The van der Waals surface area contributed by atoms with Gasteiger partial charge in [0, 0.05) is 107 Å². The molecule has 0 unspecified atom stereocenters. The van der Waals surface area contributed by atoms with E-state index < -0.39 is 0 Å². The van der Waals surface area contributed by atoms with E-state index in [0.717, 1.165) is 141 Å². The molecule has 0 bridgehead atoms. The summed E-state index contributed by atoms with van der Waals surface area (Å²) < 4.78 is 12.3. The predicted octanol–water partition coefficient (Wildman–Crippen LogP) is 23.0. The first kappa shape index (κ1) is 63.4. The molecule has 6 heterocycles. The van der Waals surface area contributed by atoms with Gasteiger partial charge in [-0.2, -0.15) is 0 Å². The van der Waals surface area contributed by atoms with E-state index in [9.17, 15) is 0 Å². The van der Waals surface area contributed by atoms with E-state index in [-0.39, 0.29) is 13.4 Å². The molecule has 4 aliphatic heterocycles. The molecular formula is C102H67B2N7O. The molecule has 17 aromatic carbocycles. The lowest BCUT2D eigenvalue weighted by Gasteiger charge is -2.44. The average Bonchev–Trinajstić information content (AvgIpc) is 1.25. The highest BCUT2D eigenvalue weighted by Crippen LogP contribution is 2.52. The van der Waals surface area contributed by atoms with Gasteiger partial charge >= 0.3 is 0 Å². The number of nitrogens with zero attached hydrogens (tertiary/aromatic N) is 7. The maximum atomic E-state index is 7.45. The molecular weight excluding hydrogens is 1360 g/mol. The molecule has 0 aliphatic carbocycles. The predicted molar refractivity (Wildman–Crippen MR) is 470 cm³/mol. The fourth-order valence-corrected chi connectivity index (χ4v) is 18.9. The van der Waals surface area contributed by atoms with Crippen LogP contribution >= 0.6 is 0 Å². The van der Waals surface area contributed by atoms with Gasteiger partial charge in [0.1, 0.15) is 11.5 Å². The van der Waals surface area contributed by atoms with Crippen molar-refractivity contribution in [3.63, 3.8) is 0 Å². The van der Waals surface area contributed by atoms with E-state index >= 15 is 0 Å². The van der Waals surface area contributed by atoms with Gasteiger partial charge < -0.3 is 38.4 Å². The normalized spacial score (nSPS) is 12.8. The summed E-state index contributed by atoms with van der Waals surface area (Å²) in [4.78, 5) is 12.3. The number of fused-ring (bicyclic) bond motifs is 16. The molecule has 0 saturated heterocycles. The molecule has 10 heteroatoms. The lowest BCUT2D eigenvalue weighted by atomic mass is 9.33. The minimum atomic E-state index is -0.148. The highest BCUT2D eigenvalue weighted by molar-refractivity contribution is 7.01. The van der Waals surface area contributed by atoms with E-state index in [1.807, 2.05) is 0 Å². The van der Waals surface area contributed by atoms with Crippen LogP contribution in [-0.2, 0) is 0 Å². The number of aromatic nitrogens is 2. The molecule has 23 rings (SSSR count). The Morgan fingerprint density at radius 2 is 0.625 bits per heavy atom. The lowest BCUT2D eigenvalue weighted by Crippen LogP contribution is -2.61. The van der Waals surface area contributed by atoms with Crippen LogP contribution in [0.5, 0.6) is 11.5 Å². The smallest absolute Gasteiger partial charge is 0.256 e. The van der Waals surface area contributed by atoms with Crippen molar-refractivity contribution in [2.45, 2.75) is 0 Å². The Balaban J connectivity index is 0.663. The maximum Gasteiger partial charge on any atom is 0.256 e. The molecule has 112 heavy (non-hydrogen) atoms. The minimum Gasteiger partial charge on any atom is -0.458 e. The second-order valence-corrected chi connectivity index (χ2v) is 29.5. The molecule has 0 radical (unpaired) electrons. The van der Waals surface area contributed by atoms with Crippen LogP contribution in [-0.4, -0.2) is 22.6 Å². The standard InChI is InChI=1S/C102H67B2N7O/c1-8-30-70(31-9-1)105(71-32-10-2-11-33-71)79-58-60-84-95(67-79)110(93-51-28-52-96-100(93)104(84)86-62-64-90-98(102(86)112-96)82-46-23-25-48-88(82)108(90)74-38-16-5-17-39-74)78-44-26-29-69(65-78)68-53-55-77(56-54-68)106(72-34-12-3-13-35-72)80-57-59-83-94(66-80)109(75-40-18-6-19-41-75)91-49-27-50-92-99(91)103(83)85-61-63-89-97(101(85)111(92)76-42-20-7-21-43-76)81-45-22-24-47-87(81)107(89)73-36-14-4-15-37-73/h1-67H. The van der Waals surface area contributed by atoms with Gasteiger partial charge in [-0.3, -0.25) is 0 Å². The summed E-state index contributed by atoms with van der Waals surface area (Å²) in [5, 5.41) is 4.71. The molecule has 4 aliphatic rings. The van der Waals surface area contributed by atoms with Gasteiger partial charge in [0.05, 0.1) is 33.1 Å². The van der Waals surface area contributed by atoms with Crippen LogP contribution in [0.3, 0.4) is 0 Å². The summed E-state index contributed by atoms with van der Waals surface area (Å²) in [5.74, 6) is 1.75. The highest BCUT2D eigenvalue weighted by atomic mass is 16.5. The van der Waals surface area contributed by atoms with Crippen molar-refractivity contribution in [3.05, 3.63) is 406 Å². The third-order valence-electron chi connectivity index (χ3n) is 23.4. The van der Waals surface area contributed by atoms with Gasteiger partial charge in [0.2, 0.25) is 0 Å². The summed E-state index contributed by atoms with van der Waals surface area (Å²) >= 11 is 0. The molecule has 0 spiro atoms. The van der Waals surface area contributed by atoms with Crippen LogP contribution in [0.25, 0.3) is 66.1 Å². The number of benzene rings is 17. The van der Waals surface area contributed by atoms with Crippen molar-refractivity contribution >= 4 is 175 Å². The summed E-state index contributed by atoms with van der Waals surface area (Å²) in [6, 6.07) is 149. The zero-order valence-corrected chi connectivity index (χ0v) is 60.9. The molecule has 19 aromatic rings. The quantitative estimate of drug-likeness (QED) is 0.113. The first-order chi connectivity index (χ1) is 55.6. The Hall–Kier alpha value is -14.7. The van der Waals surface area contributed by atoms with Crippen molar-refractivity contribution in [2.24, 2.45) is 0 Å². The van der Waals surface area contributed by atoms with E-state index in [1.54, 1.807) is 0 Å². The molecule has 0 fully saturated rings. The number of hydrogen-bond acceptors (Lipinski definition) is 6. The van der Waals surface area contributed by atoms with Crippen LogP contribution in [0.15, 0.2) is 406 Å². The minimum absolute atomic E-state index is 0.113. The second kappa shape index (κ2) is 25.5. The Labute approximate surface area is 649 Å². The van der Waals surface area contributed by atoms with Crippen molar-refractivity contribution in [2.75, 3.05) is 24.5 Å². The fraction of sp³-hybridized carbons (Fsp3) is 0. The third-order valence-corrected chi connectivity index (χ3v) is 23.4. The van der Waals surface area contributed by atoms with Crippen molar-refractivity contribution in [3.8, 4) is 34.0 Å². The average molecular weight is 1430 g/mol. The summed E-state index contributed by atoms with van der Waals surface area (Å²) in [6.07, 6.45) is 0. The number of anilines is 15. The van der Waals surface area contributed by atoms with Gasteiger partial charge in [-0.1, -0.05) is 224 Å². The van der Waals surface area contributed by atoms with Crippen LogP contribution < -0.4 is 62.0 Å². The number of ether oxygens (including phenoxy) is 1. The van der Waals surface area contributed by atoms with E-state index in [0.29, 0.717) is 0 Å². The van der Waals surface area contributed by atoms with E-state index in [1.165, 1.54) is 55.0 Å². The second-order valence-electron chi connectivity index (χ2n) is 29.5. The molecule has 522 valence electrons. The summed E-state index contributed by atoms with van der Waals surface area (Å²) in [6.45, 7) is -0.261. The molecule has 8 nitrogen and oxygen atoms in total. The zero-order chi connectivity index (χ0) is 73.5. The van der Waals surface area contributed by atoms with Crippen molar-refractivity contribution in [1.29, 1.82) is 0 Å². The first-order valence-corrected chi connectivity index (χ1v) is 38.5. The van der Waals surface area contributed by atoms with E-state index in [4.69, 9.17) is 4.74 Å². The third kappa shape index (κ3) is 9.71. The Morgan fingerprint density at radius 3 is 1.18 bits per heavy atom. The van der Waals surface area contributed by atoms with Gasteiger partial charge in [0.15, 0.2) is 0 Å². The SMILES string of the molecule is c1ccc(N(c2ccccc2)c2ccc3c(c2)N(c2cccc(-c4ccc(N(c5ccccc5)c5ccc6c(c5)N(c5ccccc5)c5cccc7c5B6c5ccc6c(c5N7c5ccccc5)c5ccccc5n6-c5ccccc5)cc4)c2)c2cccc4c2B3c2ccc3c(c2O4)c2ccccc2n3-c2ccccc2)cc1. The monoisotopic (exact) mass is 1430 g/mol. The van der Waals surface area contributed by atoms with Crippen molar-refractivity contribution in [1.82, 2.24) is 9.13 Å². The van der Waals surface area contributed by atoms with Gasteiger partial charge in [0.25, 0.3) is 13.4 Å².